The van der Waals surface area contributed by atoms with E-state index in [2.05, 4.69) is 47.5 Å². The molecule has 3 heteroatoms. The maximum Gasteiger partial charge on any atom is 0.0267 e. The van der Waals surface area contributed by atoms with Gasteiger partial charge in [0.2, 0.25) is 0 Å². The van der Waals surface area contributed by atoms with Crippen LogP contribution in [-0.2, 0) is 6.54 Å². The summed E-state index contributed by atoms with van der Waals surface area (Å²) in [5.74, 6) is 0.878. The largest absolute Gasteiger partial charge is 0.312 e. The van der Waals surface area contributed by atoms with E-state index < -0.39 is 0 Å². The molecule has 0 amide bonds. The summed E-state index contributed by atoms with van der Waals surface area (Å²) in [6.07, 6.45) is 1.37. The summed E-state index contributed by atoms with van der Waals surface area (Å²) in [4.78, 5) is 2.65. The maximum absolute atomic E-state index is 3.60. The molecule has 1 unspecified atom stereocenters. The summed E-state index contributed by atoms with van der Waals surface area (Å²) < 4.78 is 0. The van der Waals surface area contributed by atoms with E-state index in [1.54, 1.807) is 0 Å². The van der Waals surface area contributed by atoms with Crippen molar-refractivity contribution in [3.8, 4) is 0 Å². The number of likely N-dealkylation sites (tertiary alicyclic amines) is 1. The van der Waals surface area contributed by atoms with Crippen LogP contribution < -0.4 is 5.32 Å². The fraction of sp³-hybridized carbons (Fsp3) is 0.571. The summed E-state index contributed by atoms with van der Waals surface area (Å²) >= 11 is 0. The molecule has 0 bridgehead atoms. The molecule has 2 aliphatic rings. The highest BCUT2D eigenvalue weighted by atomic mass is 35.5. The SMILES string of the molecule is CC1NC[C@H]2[C@@H]1CCN2Cc1ccccc1.Cl. The minimum Gasteiger partial charge on any atom is -0.312 e. The average Bonchev–Trinajstić information content (AvgIpc) is 2.86. The number of rotatable bonds is 2. The van der Waals surface area contributed by atoms with Crippen LogP contribution in [0, 0.1) is 5.92 Å². The number of halogens is 1. The lowest BCUT2D eigenvalue weighted by atomic mass is 9.98. The molecule has 1 aromatic rings. The lowest BCUT2D eigenvalue weighted by Gasteiger charge is -2.23. The zero-order valence-corrected chi connectivity index (χ0v) is 11.1. The van der Waals surface area contributed by atoms with Crippen LogP contribution in [-0.4, -0.2) is 30.1 Å². The second-order valence-electron chi connectivity index (χ2n) is 5.17. The van der Waals surface area contributed by atoms with Crippen LogP contribution in [0.4, 0.5) is 0 Å². The van der Waals surface area contributed by atoms with Crippen LogP contribution in [0.2, 0.25) is 0 Å². The molecule has 0 spiro atoms. The monoisotopic (exact) mass is 252 g/mol. The first-order valence-corrected chi connectivity index (χ1v) is 6.36. The first kappa shape index (κ1) is 12.9. The first-order valence-electron chi connectivity index (χ1n) is 6.36. The predicted molar refractivity (Wildman–Crippen MR) is 73.5 cm³/mol. The average molecular weight is 253 g/mol. The Morgan fingerprint density at radius 2 is 2.06 bits per heavy atom. The Balaban J connectivity index is 0.00000108. The van der Waals surface area contributed by atoms with Gasteiger partial charge in [0.15, 0.2) is 0 Å². The molecule has 0 aliphatic carbocycles. The number of fused-ring (bicyclic) bond motifs is 1. The highest BCUT2D eigenvalue weighted by Gasteiger charge is 2.41. The van der Waals surface area contributed by atoms with Gasteiger partial charge in [0.05, 0.1) is 0 Å². The molecule has 0 saturated carbocycles. The summed E-state index contributed by atoms with van der Waals surface area (Å²) in [7, 11) is 0. The molecule has 94 valence electrons. The summed E-state index contributed by atoms with van der Waals surface area (Å²) in [6.45, 7) is 5.90. The van der Waals surface area contributed by atoms with Gasteiger partial charge < -0.3 is 5.32 Å². The lowest BCUT2D eigenvalue weighted by Crippen LogP contribution is -2.33. The standard InChI is InChI=1S/C14H20N2.ClH/c1-11-13-7-8-16(14(13)9-15-11)10-12-5-3-2-4-6-12;/h2-6,11,13-15H,7-10H2,1H3;1H/t11?,13-,14+;/m1./s1. The Labute approximate surface area is 110 Å². The highest BCUT2D eigenvalue weighted by Crippen LogP contribution is 2.32. The Morgan fingerprint density at radius 1 is 1.29 bits per heavy atom. The molecule has 17 heavy (non-hydrogen) atoms. The molecular formula is C14H21ClN2. The van der Waals surface area contributed by atoms with Crippen molar-refractivity contribution in [1.82, 2.24) is 10.2 Å². The third kappa shape index (κ3) is 2.49. The normalized spacial score (nSPS) is 32.2. The fourth-order valence-corrected chi connectivity index (χ4v) is 3.28. The Morgan fingerprint density at radius 3 is 2.82 bits per heavy atom. The van der Waals surface area contributed by atoms with Gasteiger partial charge >= 0.3 is 0 Å². The predicted octanol–water partition coefficient (Wildman–Crippen LogP) is 2.29. The van der Waals surface area contributed by atoms with Gasteiger partial charge in [0, 0.05) is 25.2 Å². The van der Waals surface area contributed by atoms with Crippen molar-refractivity contribution in [2.24, 2.45) is 5.92 Å². The fourth-order valence-electron chi connectivity index (χ4n) is 3.28. The van der Waals surface area contributed by atoms with Crippen molar-refractivity contribution < 1.29 is 0 Å². The van der Waals surface area contributed by atoms with Gasteiger partial charge in [0.1, 0.15) is 0 Å². The molecular weight excluding hydrogens is 232 g/mol. The molecule has 1 N–H and O–H groups in total. The molecule has 2 heterocycles. The zero-order valence-electron chi connectivity index (χ0n) is 10.3. The number of nitrogens with zero attached hydrogens (tertiary/aromatic N) is 1. The van der Waals surface area contributed by atoms with Gasteiger partial charge in [-0.05, 0) is 31.4 Å². The molecule has 3 atom stereocenters. The van der Waals surface area contributed by atoms with E-state index >= 15 is 0 Å². The zero-order chi connectivity index (χ0) is 11.0. The molecule has 1 aromatic carbocycles. The Bertz CT molecular complexity index is 354. The number of hydrogen-bond acceptors (Lipinski definition) is 2. The second kappa shape index (κ2) is 5.38. The van der Waals surface area contributed by atoms with Crippen molar-refractivity contribution in [2.75, 3.05) is 13.1 Å². The van der Waals surface area contributed by atoms with Crippen LogP contribution in [0.1, 0.15) is 18.9 Å². The van der Waals surface area contributed by atoms with Gasteiger partial charge in [-0.1, -0.05) is 30.3 Å². The molecule has 2 nitrogen and oxygen atoms in total. The molecule has 2 fully saturated rings. The van der Waals surface area contributed by atoms with E-state index in [9.17, 15) is 0 Å². The van der Waals surface area contributed by atoms with E-state index in [0.717, 1.165) is 18.5 Å². The molecule has 2 aliphatic heterocycles. The number of nitrogens with one attached hydrogen (secondary N) is 1. The van der Waals surface area contributed by atoms with Crippen LogP contribution in [0.15, 0.2) is 30.3 Å². The van der Waals surface area contributed by atoms with E-state index in [4.69, 9.17) is 0 Å². The smallest absolute Gasteiger partial charge is 0.0267 e. The quantitative estimate of drug-likeness (QED) is 0.869. The van der Waals surface area contributed by atoms with Gasteiger partial charge in [-0.15, -0.1) is 12.4 Å². The van der Waals surface area contributed by atoms with Gasteiger partial charge in [-0.3, -0.25) is 4.90 Å². The molecule has 2 saturated heterocycles. The second-order valence-corrected chi connectivity index (χ2v) is 5.17. The number of benzene rings is 1. The molecule has 0 aromatic heterocycles. The Kier molecular flexibility index (Phi) is 4.08. The van der Waals surface area contributed by atoms with E-state index in [-0.39, 0.29) is 12.4 Å². The van der Waals surface area contributed by atoms with E-state index in [1.165, 1.54) is 25.1 Å². The van der Waals surface area contributed by atoms with E-state index in [1.807, 2.05) is 0 Å². The van der Waals surface area contributed by atoms with Gasteiger partial charge in [0.25, 0.3) is 0 Å². The van der Waals surface area contributed by atoms with Crippen LogP contribution in [0.25, 0.3) is 0 Å². The molecule has 0 radical (unpaired) electrons. The van der Waals surface area contributed by atoms with Crippen molar-refractivity contribution in [1.29, 1.82) is 0 Å². The van der Waals surface area contributed by atoms with Crippen molar-refractivity contribution in [2.45, 2.75) is 32.0 Å². The first-order chi connectivity index (χ1) is 7.84. The van der Waals surface area contributed by atoms with E-state index in [0.29, 0.717) is 6.04 Å². The van der Waals surface area contributed by atoms with Crippen molar-refractivity contribution >= 4 is 12.4 Å². The third-order valence-corrected chi connectivity index (χ3v) is 4.23. The van der Waals surface area contributed by atoms with Gasteiger partial charge in [-0.25, -0.2) is 0 Å². The van der Waals surface area contributed by atoms with Crippen LogP contribution >= 0.6 is 12.4 Å². The lowest BCUT2D eigenvalue weighted by molar-refractivity contribution is 0.242. The minimum atomic E-state index is 0. The number of hydrogen-bond donors (Lipinski definition) is 1. The summed E-state index contributed by atoms with van der Waals surface area (Å²) in [5.41, 5.74) is 1.45. The summed E-state index contributed by atoms with van der Waals surface area (Å²) in [6, 6.07) is 12.3. The topological polar surface area (TPSA) is 15.3 Å². The third-order valence-electron chi connectivity index (χ3n) is 4.23. The van der Waals surface area contributed by atoms with Crippen molar-refractivity contribution in [3.63, 3.8) is 0 Å². The Hall–Kier alpha value is -0.570. The van der Waals surface area contributed by atoms with Crippen LogP contribution in [0.3, 0.4) is 0 Å². The maximum atomic E-state index is 3.60. The molecule has 3 rings (SSSR count). The highest BCUT2D eigenvalue weighted by molar-refractivity contribution is 5.85. The van der Waals surface area contributed by atoms with Gasteiger partial charge in [-0.2, -0.15) is 0 Å². The summed E-state index contributed by atoms with van der Waals surface area (Å²) in [5, 5.41) is 3.60. The minimum absolute atomic E-state index is 0. The van der Waals surface area contributed by atoms with Crippen molar-refractivity contribution in [3.05, 3.63) is 35.9 Å². The van der Waals surface area contributed by atoms with Crippen LogP contribution in [0.5, 0.6) is 0 Å².